The van der Waals surface area contributed by atoms with Crippen LogP contribution in [0.2, 0.25) is 0 Å². The lowest BCUT2D eigenvalue weighted by molar-refractivity contribution is -0.126. The molecule has 2 aromatic rings. The summed E-state index contributed by atoms with van der Waals surface area (Å²) >= 11 is 0. The number of amides is 1. The van der Waals surface area contributed by atoms with Crippen LogP contribution in [0.5, 0.6) is 0 Å². The smallest absolute Gasteiger partial charge is 0.243 e. The minimum absolute atomic E-state index is 0.0235. The van der Waals surface area contributed by atoms with Crippen molar-refractivity contribution in [3.63, 3.8) is 0 Å². The first-order valence-electron chi connectivity index (χ1n) is 10.1. The summed E-state index contributed by atoms with van der Waals surface area (Å²) in [6.07, 6.45) is 7.33. The molecule has 0 spiro atoms. The van der Waals surface area contributed by atoms with Crippen LogP contribution in [0.1, 0.15) is 36.0 Å². The zero-order valence-corrected chi connectivity index (χ0v) is 18.2. The Morgan fingerprint density at radius 2 is 1.83 bits per heavy atom. The molecule has 1 amide bonds. The Balaban J connectivity index is 1.52. The van der Waals surface area contributed by atoms with Gasteiger partial charge in [0.15, 0.2) is 0 Å². The number of carbonyl (C=O) groups excluding carboxylic acids is 1. The van der Waals surface area contributed by atoms with Crippen LogP contribution in [0.15, 0.2) is 35.7 Å². The number of benzene rings is 1. The molecule has 7 nitrogen and oxygen atoms in total. The van der Waals surface area contributed by atoms with E-state index in [-0.39, 0.29) is 11.8 Å². The van der Waals surface area contributed by atoms with Gasteiger partial charge in [-0.25, -0.2) is 13.4 Å². The SMILES string of the molecule is Cc1cc(C)c(S(=O)(=O)N2CCC(C(=O)NCCCn3ccnc3)CC2)c(C)c1. The van der Waals surface area contributed by atoms with Crippen molar-refractivity contribution in [2.45, 2.75) is 51.5 Å². The molecular weight excluding hydrogens is 388 g/mol. The lowest BCUT2D eigenvalue weighted by atomic mass is 9.97. The van der Waals surface area contributed by atoms with E-state index in [1.165, 1.54) is 4.31 Å². The van der Waals surface area contributed by atoms with Gasteiger partial charge in [-0.3, -0.25) is 4.79 Å². The fourth-order valence-electron chi connectivity index (χ4n) is 4.10. The highest BCUT2D eigenvalue weighted by atomic mass is 32.2. The summed E-state index contributed by atoms with van der Waals surface area (Å²) in [7, 11) is -3.54. The Morgan fingerprint density at radius 1 is 1.17 bits per heavy atom. The summed E-state index contributed by atoms with van der Waals surface area (Å²) in [5.74, 6) is -0.106. The van der Waals surface area contributed by atoms with E-state index in [4.69, 9.17) is 0 Å². The van der Waals surface area contributed by atoms with E-state index in [0.29, 0.717) is 37.4 Å². The van der Waals surface area contributed by atoms with Crippen LogP contribution in [-0.2, 0) is 21.4 Å². The summed E-state index contributed by atoms with van der Waals surface area (Å²) < 4.78 is 29.8. The van der Waals surface area contributed by atoms with Crippen molar-refractivity contribution in [3.8, 4) is 0 Å². The van der Waals surface area contributed by atoms with Gasteiger partial charge in [-0.2, -0.15) is 4.31 Å². The Bertz CT molecular complexity index is 923. The first-order chi connectivity index (χ1) is 13.8. The third-order valence-corrected chi connectivity index (χ3v) is 7.68. The number of carbonyl (C=O) groups is 1. The van der Waals surface area contributed by atoms with Crippen LogP contribution in [0.25, 0.3) is 0 Å². The molecule has 1 N–H and O–H groups in total. The van der Waals surface area contributed by atoms with Gasteiger partial charge in [-0.15, -0.1) is 0 Å². The van der Waals surface area contributed by atoms with Crippen molar-refractivity contribution in [2.24, 2.45) is 5.92 Å². The van der Waals surface area contributed by atoms with Crippen LogP contribution in [0, 0.1) is 26.7 Å². The van der Waals surface area contributed by atoms with Crippen LogP contribution >= 0.6 is 0 Å². The summed E-state index contributed by atoms with van der Waals surface area (Å²) in [6, 6.07) is 3.81. The molecule has 2 heterocycles. The summed E-state index contributed by atoms with van der Waals surface area (Å²) in [5, 5.41) is 2.98. The number of nitrogens with one attached hydrogen (secondary N) is 1. The third kappa shape index (κ3) is 5.05. The topological polar surface area (TPSA) is 84.3 Å². The number of sulfonamides is 1. The molecule has 1 aliphatic rings. The highest BCUT2D eigenvalue weighted by molar-refractivity contribution is 7.89. The van der Waals surface area contributed by atoms with E-state index in [1.807, 2.05) is 43.7 Å². The number of aryl methyl sites for hydroxylation is 4. The minimum atomic E-state index is -3.54. The van der Waals surface area contributed by atoms with Crippen molar-refractivity contribution in [2.75, 3.05) is 19.6 Å². The lowest BCUT2D eigenvalue weighted by Crippen LogP contribution is -2.43. The highest BCUT2D eigenvalue weighted by Crippen LogP contribution is 2.28. The molecular formula is C21H30N4O3S. The van der Waals surface area contributed by atoms with Crippen LogP contribution < -0.4 is 5.32 Å². The molecule has 0 atom stereocenters. The first kappa shape index (κ1) is 21.5. The fraction of sp³-hybridized carbons (Fsp3) is 0.524. The summed E-state index contributed by atoms with van der Waals surface area (Å²) in [4.78, 5) is 16.8. The van der Waals surface area contributed by atoms with Gasteiger partial charge in [-0.1, -0.05) is 17.7 Å². The van der Waals surface area contributed by atoms with Crippen LogP contribution in [-0.4, -0.2) is 47.8 Å². The maximum atomic E-state index is 13.2. The van der Waals surface area contributed by atoms with Gasteiger partial charge in [0.05, 0.1) is 11.2 Å². The quantitative estimate of drug-likeness (QED) is 0.700. The van der Waals surface area contributed by atoms with E-state index in [2.05, 4.69) is 10.3 Å². The average Bonchev–Trinajstić information content (AvgIpc) is 3.17. The number of rotatable bonds is 7. The van der Waals surface area contributed by atoms with Crippen molar-refractivity contribution in [1.82, 2.24) is 19.2 Å². The lowest BCUT2D eigenvalue weighted by Gasteiger charge is -2.31. The van der Waals surface area contributed by atoms with Crippen LogP contribution in [0.3, 0.4) is 0 Å². The monoisotopic (exact) mass is 418 g/mol. The second kappa shape index (κ2) is 9.09. The van der Waals surface area contributed by atoms with Crippen LogP contribution in [0.4, 0.5) is 0 Å². The van der Waals surface area contributed by atoms with Gasteiger partial charge in [0.25, 0.3) is 0 Å². The Hall–Kier alpha value is -2.19. The molecule has 1 aliphatic heterocycles. The van der Waals surface area contributed by atoms with Gasteiger partial charge < -0.3 is 9.88 Å². The Morgan fingerprint density at radius 3 is 2.41 bits per heavy atom. The molecule has 0 radical (unpaired) electrons. The number of hydrogen-bond acceptors (Lipinski definition) is 4. The maximum absolute atomic E-state index is 13.2. The molecule has 3 rings (SSSR count). The van der Waals surface area contributed by atoms with E-state index in [0.717, 1.165) is 29.7 Å². The number of nitrogens with zero attached hydrogens (tertiary/aromatic N) is 3. The third-order valence-electron chi connectivity index (χ3n) is 5.48. The van der Waals surface area contributed by atoms with E-state index in [1.54, 1.807) is 12.5 Å². The Kier molecular flexibility index (Phi) is 6.74. The molecule has 158 valence electrons. The first-order valence-corrected chi connectivity index (χ1v) is 11.5. The van der Waals surface area contributed by atoms with Crippen molar-refractivity contribution < 1.29 is 13.2 Å². The molecule has 0 aliphatic carbocycles. The molecule has 8 heteroatoms. The van der Waals surface area contributed by atoms with Crippen molar-refractivity contribution in [3.05, 3.63) is 47.5 Å². The highest BCUT2D eigenvalue weighted by Gasteiger charge is 2.33. The molecule has 0 bridgehead atoms. The zero-order chi connectivity index (χ0) is 21.0. The summed E-state index contributed by atoms with van der Waals surface area (Å²) in [5.41, 5.74) is 2.61. The number of aromatic nitrogens is 2. The second-order valence-electron chi connectivity index (χ2n) is 7.85. The molecule has 1 aromatic carbocycles. The average molecular weight is 419 g/mol. The minimum Gasteiger partial charge on any atom is -0.356 e. The van der Waals surface area contributed by atoms with Crippen molar-refractivity contribution in [1.29, 1.82) is 0 Å². The molecule has 1 fully saturated rings. The van der Waals surface area contributed by atoms with Gasteiger partial charge in [0.2, 0.25) is 15.9 Å². The predicted molar refractivity (Wildman–Crippen MR) is 112 cm³/mol. The predicted octanol–water partition coefficient (Wildman–Crippen LogP) is 2.42. The maximum Gasteiger partial charge on any atom is 0.243 e. The van der Waals surface area contributed by atoms with E-state index >= 15 is 0 Å². The van der Waals surface area contributed by atoms with Gasteiger partial charge >= 0.3 is 0 Å². The zero-order valence-electron chi connectivity index (χ0n) is 17.4. The van der Waals surface area contributed by atoms with E-state index in [9.17, 15) is 13.2 Å². The second-order valence-corrected chi connectivity index (χ2v) is 9.73. The number of hydrogen-bond donors (Lipinski definition) is 1. The number of piperidine rings is 1. The standard InChI is InChI=1S/C21H30N4O3S/c1-16-13-17(2)20(18(3)14-16)29(27,28)25-10-5-19(6-11-25)21(26)23-7-4-9-24-12-8-22-15-24/h8,12-15,19H,4-7,9-11H2,1-3H3,(H,23,26). The van der Waals surface area contributed by atoms with Gasteiger partial charge in [0, 0.05) is 44.5 Å². The molecule has 0 unspecified atom stereocenters. The largest absolute Gasteiger partial charge is 0.356 e. The fourth-order valence-corrected chi connectivity index (χ4v) is 5.98. The molecule has 0 saturated carbocycles. The normalized spacial score (nSPS) is 16.1. The van der Waals surface area contributed by atoms with Crippen molar-refractivity contribution >= 4 is 15.9 Å². The van der Waals surface area contributed by atoms with Gasteiger partial charge in [0.1, 0.15) is 0 Å². The summed E-state index contributed by atoms with van der Waals surface area (Å²) in [6.45, 7) is 7.83. The number of imidazole rings is 1. The molecule has 1 saturated heterocycles. The van der Waals surface area contributed by atoms with E-state index < -0.39 is 10.0 Å². The van der Waals surface area contributed by atoms with Gasteiger partial charge in [-0.05, 0) is 51.2 Å². The Labute approximate surface area is 173 Å². The molecule has 29 heavy (non-hydrogen) atoms. The molecule has 1 aromatic heterocycles.